The van der Waals surface area contributed by atoms with Crippen molar-refractivity contribution in [1.29, 1.82) is 0 Å². The minimum Gasteiger partial charge on any atom is -0.481 e. The van der Waals surface area contributed by atoms with E-state index in [0.29, 0.717) is 10.0 Å². The molecule has 5 heteroatoms. The van der Waals surface area contributed by atoms with E-state index in [9.17, 15) is 9.18 Å². The van der Waals surface area contributed by atoms with Gasteiger partial charge in [0.15, 0.2) is 0 Å². The van der Waals surface area contributed by atoms with Gasteiger partial charge in [0, 0.05) is 9.89 Å². The molecular formula is C11H11BrClFO2. The molecule has 0 bridgehead atoms. The zero-order chi connectivity index (χ0) is 12.5. The lowest BCUT2D eigenvalue weighted by Gasteiger charge is -2.24. The molecule has 1 rings (SSSR count). The Hall–Kier alpha value is -0.610. The summed E-state index contributed by atoms with van der Waals surface area (Å²) in [5.41, 5.74) is -0.483. The average molecular weight is 310 g/mol. The Bertz CT molecular complexity index is 432. The molecule has 0 amide bonds. The fourth-order valence-electron chi connectivity index (χ4n) is 1.52. The lowest BCUT2D eigenvalue weighted by Crippen LogP contribution is -2.23. The molecule has 0 saturated heterocycles. The molecule has 0 aromatic heterocycles. The Morgan fingerprint density at radius 1 is 1.56 bits per heavy atom. The highest BCUT2D eigenvalue weighted by molar-refractivity contribution is 9.10. The summed E-state index contributed by atoms with van der Waals surface area (Å²) in [7, 11) is 0. The van der Waals surface area contributed by atoms with Gasteiger partial charge >= 0.3 is 5.97 Å². The van der Waals surface area contributed by atoms with Crippen molar-refractivity contribution < 1.29 is 14.3 Å². The minimum atomic E-state index is -0.969. The van der Waals surface area contributed by atoms with E-state index < -0.39 is 17.2 Å². The van der Waals surface area contributed by atoms with E-state index in [1.807, 2.05) is 0 Å². The summed E-state index contributed by atoms with van der Waals surface area (Å²) >= 11 is 8.87. The summed E-state index contributed by atoms with van der Waals surface area (Å²) in [4.78, 5) is 10.7. The molecule has 0 aliphatic carbocycles. The SMILES string of the molecule is CC(C)(CC(=O)O)c1ccc(Br)c(Cl)c1F. The Morgan fingerprint density at radius 2 is 2.12 bits per heavy atom. The summed E-state index contributed by atoms with van der Waals surface area (Å²) in [5.74, 6) is -1.54. The smallest absolute Gasteiger partial charge is 0.304 e. The maximum absolute atomic E-state index is 13.9. The lowest BCUT2D eigenvalue weighted by molar-refractivity contribution is -0.138. The molecule has 16 heavy (non-hydrogen) atoms. The van der Waals surface area contributed by atoms with Gasteiger partial charge in [-0.3, -0.25) is 4.79 Å². The van der Waals surface area contributed by atoms with Gasteiger partial charge in [0.1, 0.15) is 5.82 Å². The van der Waals surface area contributed by atoms with Crippen LogP contribution in [0.15, 0.2) is 16.6 Å². The van der Waals surface area contributed by atoms with Crippen molar-refractivity contribution in [3.05, 3.63) is 33.0 Å². The lowest BCUT2D eigenvalue weighted by atomic mass is 9.81. The van der Waals surface area contributed by atoms with Crippen LogP contribution in [0.4, 0.5) is 4.39 Å². The van der Waals surface area contributed by atoms with Crippen LogP contribution in [0.5, 0.6) is 0 Å². The summed E-state index contributed by atoms with van der Waals surface area (Å²) in [5, 5.41) is 8.74. The van der Waals surface area contributed by atoms with E-state index in [1.54, 1.807) is 26.0 Å². The number of carbonyl (C=O) groups is 1. The molecule has 0 unspecified atom stereocenters. The number of carboxylic acid groups (broad SMARTS) is 1. The van der Waals surface area contributed by atoms with E-state index in [2.05, 4.69) is 15.9 Å². The topological polar surface area (TPSA) is 37.3 Å². The summed E-state index contributed by atoms with van der Waals surface area (Å²) < 4.78 is 14.3. The van der Waals surface area contributed by atoms with Crippen LogP contribution in [0.1, 0.15) is 25.8 Å². The van der Waals surface area contributed by atoms with Crippen LogP contribution in [-0.2, 0) is 10.2 Å². The highest BCUT2D eigenvalue weighted by Gasteiger charge is 2.28. The highest BCUT2D eigenvalue weighted by atomic mass is 79.9. The van der Waals surface area contributed by atoms with Gasteiger partial charge in [0.25, 0.3) is 0 Å². The molecular weight excluding hydrogens is 298 g/mol. The first-order valence-electron chi connectivity index (χ1n) is 4.61. The first-order chi connectivity index (χ1) is 7.25. The predicted octanol–water partition coefficient (Wildman–Crippen LogP) is 3.99. The van der Waals surface area contributed by atoms with Crippen molar-refractivity contribution in [2.24, 2.45) is 0 Å². The van der Waals surface area contributed by atoms with Crippen molar-refractivity contribution in [1.82, 2.24) is 0 Å². The second-order valence-corrected chi connectivity index (χ2v) is 5.41. The molecule has 2 nitrogen and oxygen atoms in total. The van der Waals surface area contributed by atoms with Crippen molar-refractivity contribution in [2.75, 3.05) is 0 Å². The molecule has 0 radical (unpaired) electrons. The van der Waals surface area contributed by atoms with Crippen molar-refractivity contribution in [2.45, 2.75) is 25.7 Å². The second kappa shape index (κ2) is 4.72. The molecule has 0 saturated carbocycles. The zero-order valence-electron chi connectivity index (χ0n) is 8.85. The van der Waals surface area contributed by atoms with Crippen LogP contribution < -0.4 is 0 Å². The number of carboxylic acids is 1. The van der Waals surface area contributed by atoms with Crippen molar-refractivity contribution in [3.8, 4) is 0 Å². The number of aliphatic carboxylic acids is 1. The zero-order valence-corrected chi connectivity index (χ0v) is 11.2. The maximum atomic E-state index is 13.9. The molecule has 0 aliphatic heterocycles. The number of benzene rings is 1. The van der Waals surface area contributed by atoms with Gasteiger partial charge in [0.2, 0.25) is 0 Å². The van der Waals surface area contributed by atoms with Gasteiger partial charge in [-0.25, -0.2) is 4.39 Å². The summed E-state index contributed by atoms with van der Waals surface area (Å²) in [6, 6.07) is 3.17. The quantitative estimate of drug-likeness (QED) is 0.857. The van der Waals surface area contributed by atoms with Gasteiger partial charge < -0.3 is 5.11 Å². The first-order valence-corrected chi connectivity index (χ1v) is 5.78. The van der Waals surface area contributed by atoms with E-state index in [0.717, 1.165) is 0 Å². The normalized spacial score (nSPS) is 11.6. The van der Waals surface area contributed by atoms with Gasteiger partial charge in [-0.05, 0) is 27.6 Å². The summed E-state index contributed by atoms with van der Waals surface area (Å²) in [6.07, 6.45) is -0.151. The number of hydrogen-bond donors (Lipinski definition) is 1. The molecule has 1 aromatic carbocycles. The van der Waals surface area contributed by atoms with E-state index >= 15 is 0 Å². The van der Waals surface area contributed by atoms with Crippen LogP contribution in [-0.4, -0.2) is 11.1 Å². The molecule has 1 N–H and O–H groups in total. The van der Waals surface area contributed by atoms with Crippen LogP contribution in [0.3, 0.4) is 0 Å². The van der Waals surface area contributed by atoms with E-state index in [1.165, 1.54) is 0 Å². The largest absolute Gasteiger partial charge is 0.481 e. The summed E-state index contributed by atoms with van der Waals surface area (Å²) in [6.45, 7) is 3.34. The van der Waals surface area contributed by atoms with Crippen molar-refractivity contribution in [3.63, 3.8) is 0 Å². The fraction of sp³-hybridized carbons (Fsp3) is 0.364. The molecule has 1 aromatic rings. The Kier molecular flexibility index (Phi) is 3.97. The van der Waals surface area contributed by atoms with E-state index in [4.69, 9.17) is 16.7 Å². The van der Waals surface area contributed by atoms with Gasteiger partial charge in [-0.1, -0.05) is 31.5 Å². The molecule has 0 atom stereocenters. The Balaban J connectivity index is 3.23. The van der Waals surface area contributed by atoms with Gasteiger partial charge in [-0.2, -0.15) is 0 Å². The Morgan fingerprint density at radius 3 is 2.62 bits per heavy atom. The van der Waals surface area contributed by atoms with Gasteiger partial charge in [0.05, 0.1) is 11.4 Å². The van der Waals surface area contributed by atoms with E-state index in [-0.39, 0.29) is 11.4 Å². The minimum absolute atomic E-state index is 0.0176. The van der Waals surface area contributed by atoms with Crippen LogP contribution in [0.2, 0.25) is 5.02 Å². The van der Waals surface area contributed by atoms with Crippen molar-refractivity contribution >= 4 is 33.5 Å². The monoisotopic (exact) mass is 308 g/mol. The third-order valence-corrected chi connectivity index (χ3v) is 3.62. The predicted molar refractivity (Wildman–Crippen MR) is 64.4 cm³/mol. The number of rotatable bonds is 3. The third kappa shape index (κ3) is 2.74. The highest BCUT2D eigenvalue weighted by Crippen LogP contribution is 2.35. The maximum Gasteiger partial charge on any atom is 0.304 e. The van der Waals surface area contributed by atoms with Crippen LogP contribution in [0, 0.1) is 5.82 Å². The standard InChI is InChI=1S/C11H11BrClFO2/c1-11(2,5-8(15)16)6-3-4-7(12)9(13)10(6)14/h3-4H,5H2,1-2H3,(H,15,16). The van der Waals surface area contributed by atoms with Gasteiger partial charge in [-0.15, -0.1) is 0 Å². The molecule has 0 heterocycles. The number of halogens is 3. The van der Waals surface area contributed by atoms with Crippen LogP contribution >= 0.6 is 27.5 Å². The first kappa shape index (κ1) is 13.5. The third-order valence-electron chi connectivity index (χ3n) is 2.36. The molecule has 0 aliphatic rings. The molecule has 88 valence electrons. The number of hydrogen-bond acceptors (Lipinski definition) is 1. The average Bonchev–Trinajstić information content (AvgIpc) is 2.11. The molecule has 0 fully saturated rings. The fourth-order valence-corrected chi connectivity index (χ4v) is 1.99. The Labute approximate surface area is 107 Å². The molecule has 0 spiro atoms. The van der Waals surface area contributed by atoms with Crippen LogP contribution in [0.25, 0.3) is 0 Å². The second-order valence-electron chi connectivity index (χ2n) is 4.18.